The summed E-state index contributed by atoms with van der Waals surface area (Å²) in [6.45, 7) is 3.11. The van der Waals surface area contributed by atoms with Gasteiger partial charge in [0.05, 0.1) is 24.9 Å². The molecular weight excluding hydrogens is 699 g/mol. The van der Waals surface area contributed by atoms with Crippen molar-refractivity contribution >= 4 is 19.8 Å². The maximum Gasteiger partial charge on any atom is 0.469 e. The number of phosphoric acid groups is 1. The minimum atomic E-state index is -4.87. The summed E-state index contributed by atoms with van der Waals surface area (Å²) in [5, 5.41) is 30.3. The van der Waals surface area contributed by atoms with Crippen LogP contribution in [0.25, 0.3) is 0 Å². The molecule has 300 valence electrons. The van der Waals surface area contributed by atoms with E-state index in [0.717, 1.165) is 64.2 Å². The van der Waals surface area contributed by atoms with Crippen LogP contribution in [0.15, 0.2) is 97.2 Å². The van der Waals surface area contributed by atoms with Gasteiger partial charge in [-0.05, 0) is 64.2 Å². The van der Waals surface area contributed by atoms with Crippen molar-refractivity contribution in [1.29, 1.82) is 0 Å². The molecule has 11 nitrogen and oxygen atoms in total. The third kappa shape index (κ3) is 35.6. The molecule has 0 aromatic carbocycles. The van der Waals surface area contributed by atoms with Gasteiger partial charge in [-0.3, -0.25) is 14.1 Å². The number of aliphatic hydroxyl groups is 3. The Bertz CT molecular complexity index is 1230. The summed E-state index contributed by atoms with van der Waals surface area (Å²) in [5.41, 5.74) is 0. The Labute approximate surface area is 317 Å². The van der Waals surface area contributed by atoms with Crippen LogP contribution in [0.3, 0.4) is 0 Å². The van der Waals surface area contributed by atoms with Gasteiger partial charge in [-0.15, -0.1) is 0 Å². The van der Waals surface area contributed by atoms with E-state index in [1.807, 2.05) is 0 Å². The summed E-state index contributed by atoms with van der Waals surface area (Å²) in [7, 11) is -4.87. The first kappa shape index (κ1) is 49.9. The Morgan fingerprint density at radius 3 is 1.85 bits per heavy atom. The molecule has 0 unspecified atom stereocenters. The number of ether oxygens (including phenoxy) is 2. The third-order valence-corrected chi connectivity index (χ3v) is 7.94. The molecular formula is C41H65O11P. The van der Waals surface area contributed by atoms with E-state index in [0.29, 0.717) is 6.42 Å². The van der Waals surface area contributed by atoms with Crippen LogP contribution in [0.2, 0.25) is 0 Å². The first-order chi connectivity index (χ1) is 25.5. The zero-order valence-corrected chi connectivity index (χ0v) is 32.6. The van der Waals surface area contributed by atoms with Gasteiger partial charge in [-0.2, -0.15) is 0 Å². The molecule has 5 N–H and O–H groups in total. The summed E-state index contributed by atoms with van der Waals surface area (Å²) >= 11 is 0. The van der Waals surface area contributed by atoms with Crippen molar-refractivity contribution in [3.05, 3.63) is 97.2 Å². The second-order valence-electron chi connectivity index (χ2n) is 12.4. The molecule has 0 aliphatic carbocycles. The second-order valence-corrected chi connectivity index (χ2v) is 13.6. The number of carbonyl (C=O) groups is 2. The maximum absolute atomic E-state index is 12.4. The van der Waals surface area contributed by atoms with Crippen LogP contribution in [-0.2, 0) is 28.2 Å². The van der Waals surface area contributed by atoms with Crippen LogP contribution < -0.4 is 0 Å². The van der Waals surface area contributed by atoms with Gasteiger partial charge in [0.1, 0.15) is 6.61 Å². The topological polar surface area (TPSA) is 180 Å². The first-order valence-corrected chi connectivity index (χ1v) is 20.4. The smallest absolute Gasteiger partial charge is 0.462 e. The number of unbranched alkanes of at least 4 members (excludes halogenated alkanes) is 4. The van der Waals surface area contributed by atoms with E-state index >= 15 is 0 Å². The molecule has 0 bridgehead atoms. The van der Waals surface area contributed by atoms with Gasteiger partial charge < -0.3 is 34.6 Å². The average Bonchev–Trinajstić information content (AvgIpc) is 3.11. The highest BCUT2D eigenvalue weighted by molar-refractivity contribution is 7.46. The van der Waals surface area contributed by atoms with Crippen molar-refractivity contribution in [2.75, 3.05) is 13.2 Å². The molecule has 12 heteroatoms. The van der Waals surface area contributed by atoms with Crippen molar-refractivity contribution in [3.8, 4) is 0 Å². The Hall–Kier alpha value is -3.15. The van der Waals surface area contributed by atoms with Gasteiger partial charge in [0.15, 0.2) is 6.10 Å². The molecule has 4 atom stereocenters. The Kier molecular flexibility index (Phi) is 32.6. The lowest BCUT2D eigenvalue weighted by molar-refractivity contribution is -0.161. The molecule has 0 amide bonds. The van der Waals surface area contributed by atoms with Crippen LogP contribution in [0.1, 0.15) is 110 Å². The summed E-state index contributed by atoms with van der Waals surface area (Å²) in [6.07, 6.45) is 36.4. The number of hydrogen-bond acceptors (Lipinski definition) is 9. The highest BCUT2D eigenvalue weighted by Gasteiger charge is 2.23. The van der Waals surface area contributed by atoms with Crippen molar-refractivity contribution in [1.82, 2.24) is 0 Å². The molecule has 0 saturated carbocycles. The number of carbonyl (C=O) groups excluding carboxylic acids is 2. The molecule has 0 aromatic rings. The maximum atomic E-state index is 12.4. The largest absolute Gasteiger partial charge is 0.469 e. The third-order valence-electron chi connectivity index (χ3n) is 7.45. The summed E-state index contributed by atoms with van der Waals surface area (Å²) < 4.78 is 26.1. The molecule has 0 saturated heterocycles. The van der Waals surface area contributed by atoms with Gasteiger partial charge in [-0.25, -0.2) is 4.57 Å². The van der Waals surface area contributed by atoms with Crippen molar-refractivity contribution in [2.45, 2.75) is 135 Å². The highest BCUT2D eigenvalue weighted by Crippen LogP contribution is 2.36. The lowest BCUT2D eigenvalue weighted by atomic mass is 10.1. The first-order valence-electron chi connectivity index (χ1n) is 18.9. The quantitative estimate of drug-likeness (QED) is 0.0147. The predicted molar refractivity (Wildman–Crippen MR) is 211 cm³/mol. The Balaban J connectivity index is 4.43. The van der Waals surface area contributed by atoms with Crippen LogP contribution in [0, 0.1) is 0 Å². The van der Waals surface area contributed by atoms with E-state index in [-0.39, 0.29) is 25.7 Å². The van der Waals surface area contributed by atoms with Crippen LogP contribution in [0.4, 0.5) is 0 Å². The van der Waals surface area contributed by atoms with Gasteiger partial charge in [0, 0.05) is 12.8 Å². The molecule has 0 radical (unpaired) electrons. The van der Waals surface area contributed by atoms with E-state index < -0.39 is 57.4 Å². The van der Waals surface area contributed by atoms with E-state index in [1.165, 1.54) is 6.08 Å². The minimum Gasteiger partial charge on any atom is -0.462 e. The van der Waals surface area contributed by atoms with E-state index in [2.05, 4.69) is 67.0 Å². The van der Waals surface area contributed by atoms with Crippen molar-refractivity contribution in [3.63, 3.8) is 0 Å². The molecule has 53 heavy (non-hydrogen) atoms. The van der Waals surface area contributed by atoms with Crippen LogP contribution >= 0.6 is 7.82 Å². The number of rotatable bonds is 32. The molecule has 0 rings (SSSR count). The van der Waals surface area contributed by atoms with Crippen LogP contribution in [-0.4, -0.2) is 74.7 Å². The second kappa shape index (κ2) is 34.6. The summed E-state index contributed by atoms with van der Waals surface area (Å²) in [6, 6.07) is 0. The zero-order valence-electron chi connectivity index (χ0n) is 31.7. The molecule has 0 heterocycles. The normalized spacial score (nSPS) is 15.4. The fourth-order valence-electron chi connectivity index (χ4n) is 4.51. The number of phosphoric ester groups is 1. The molecule has 0 spiro atoms. The van der Waals surface area contributed by atoms with Crippen molar-refractivity contribution in [2.24, 2.45) is 0 Å². The fraction of sp³-hybridized carbons (Fsp3) is 0.561. The Morgan fingerprint density at radius 1 is 0.642 bits per heavy atom. The number of aliphatic hydroxyl groups excluding tert-OH is 3. The number of allylic oxidation sites excluding steroid dienone is 14. The van der Waals surface area contributed by atoms with Crippen LogP contribution in [0.5, 0.6) is 0 Å². The van der Waals surface area contributed by atoms with Gasteiger partial charge in [0.2, 0.25) is 0 Å². The fourth-order valence-corrected chi connectivity index (χ4v) is 4.87. The molecule has 0 aliphatic heterocycles. The predicted octanol–water partition coefficient (Wildman–Crippen LogP) is 7.97. The molecule has 0 aromatic heterocycles. The number of esters is 2. The summed E-state index contributed by atoms with van der Waals surface area (Å²) in [4.78, 5) is 42.7. The Morgan fingerprint density at radius 2 is 1.23 bits per heavy atom. The molecule has 0 aliphatic rings. The number of hydrogen-bond donors (Lipinski definition) is 5. The lowest BCUT2D eigenvalue weighted by Crippen LogP contribution is -2.29. The zero-order chi connectivity index (χ0) is 39.4. The van der Waals surface area contributed by atoms with E-state index in [4.69, 9.17) is 19.3 Å². The van der Waals surface area contributed by atoms with Gasteiger partial charge >= 0.3 is 19.8 Å². The van der Waals surface area contributed by atoms with Gasteiger partial charge in [0.25, 0.3) is 0 Å². The van der Waals surface area contributed by atoms with Gasteiger partial charge in [-0.1, -0.05) is 130 Å². The lowest BCUT2D eigenvalue weighted by Gasteiger charge is -2.19. The highest BCUT2D eigenvalue weighted by atomic mass is 31.2. The van der Waals surface area contributed by atoms with E-state index in [1.54, 1.807) is 42.5 Å². The molecule has 0 fully saturated rings. The van der Waals surface area contributed by atoms with E-state index in [9.17, 15) is 29.5 Å². The standard InChI is InChI=1S/C41H65O11P/c1-3-5-7-8-9-10-11-12-13-14-15-16-17-22-26-32-40(45)50-34-37(35-51-53(47,48)49)52-41(46)33-27-31-39(44)38(43)30-25-21-19-18-20-24-29-36(42)28-23-6-4-2/h5,7,9-10,12-13,15-16,18-21,24-25,29-30,36-39,42-44H,3-4,6,8,11,14,17,22-23,26-28,31-35H2,1-2H3,(H2,47,48,49)/b7-5-,10-9-,13-12-,16-15-,20-18-,21-19+,29-24+,30-25+/t36-,37+,38-,39-/m0/s1. The summed E-state index contributed by atoms with van der Waals surface area (Å²) in [5.74, 6) is -1.28. The monoisotopic (exact) mass is 764 g/mol. The SMILES string of the molecule is CC/C=C\C/C=C\C/C=C\C/C=C\CCCCC(=O)OC[C@H](COP(=O)(O)O)OC(=O)CCC[C@H](O)[C@@H](O)/C=C/C=C/C=C\C=C\[C@@H](O)CCCCC. The minimum absolute atomic E-state index is 0.0785. The van der Waals surface area contributed by atoms with Crippen molar-refractivity contribution < 1.29 is 53.3 Å². The average molecular weight is 765 g/mol.